The van der Waals surface area contributed by atoms with Crippen molar-refractivity contribution in [2.75, 3.05) is 6.61 Å². The number of hydrogen-bond donors (Lipinski definition) is 3. The Morgan fingerprint density at radius 3 is 2.93 bits per heavy atom. The summed E-state index contributed by atoms with van der Waals surface area (Å²) in [5.41, 5.74) is 7.49. The number of aromatic amines is 1. The molecule has 1 heterocycles. The summed E-state index contributed by atoms with van der Waals surface area (Å²) in [6.45, 7) is -0.0689. The first-order valence-electron chi connectivity index (χ1n) is 4.35. The van der Waals surface area contributed by atoms with Gasteiger partial charge in [-0.2, -0.15) is 0 Å². The Morgan fingerprint density at radius 1 is 1.43 bits per heavy atom. The molecule has 0 spiro atoms. The largest absolute Gasteiger partial charge is 0.394 e. The lowest BCUT2D eigenvalue weighted by atomic mass is 10.2. The molecular weight excluding hydrogens is 200 g/mol. The number of nitrogens with one attached hydrogen (secondary N) is 1. The van der Waals surface area contributed by atoms with E-state index in [0.717, 1.165) is 16.6 Å². The molecule has 74 valence electrons. The lowest BCUT2D eigenvalue weighted by Crippen LogP contribution is -2.14. The van der Waals surface area contributed by atoms with Crippen LogP contribution in [0.2, 0.25) is 5.02 Å². The van der Waals surface area contributed by atoms with E-state index in [-0.39, 0.29) is 12.6 Å². The van der Waals surface area contributed by atoms with Crippen LogP contribution in [-0.2, 0) is 0 Å². The fourth-order valence-electron chi connectivity index (χ4n) is 1.42. The van der Waals surface area contributed by atoms with Gasteiger partial charge in [-0.05, 0) is 24.3 Å². The fraction of sp³-hybridized carbons (Fsp3) is 0.200. The maximum atomic E-state index is 8.90. The number of fused-ring (bicyclic) bond motifs is 1. The van der Waals surface area contributed by atoms with Gasteiger partial charge in [-0.15, -0.1) is 0 Å². The summed E-state index contributed by atoms with van der Waals surface area (Å²) in [5.74, 6) is 0. The highest BCUT2D eigenvalue weighted by atomic mass is 35.5. The van der Waals surface area contributed by atoms with E-state index in [9.17, 15) is 0 Å². The summed E-state index contributed by atoms with van der Waals surface area (Å²) >= 11 is 5.85. The SMILES string of the molecule is NC(CO)c1cc2cc(Cl)ccc2[nH]1. The van der Waals surface area contributed by atoms with E-state index >= 15 is 0 Å². The minimum absolute atomic E-state index is 0.0689. The number of aliphatic hydroxyl groups excluding tert-OH is 1. The summed E-state index contributed by atoms with van der Waals surface area (Å²) in [4.78, 5) is 3.13. The standard InChI is InChI=1S/C10H11ClN2O/c11-7-1-2-9-6(3-7)4-10(13-9)8(12)5-14/h1-4,8,13-14H,5,12H2. The lowest BCUT2D eigenvalue weighted by Gasteiger charge is -2.03. The van der Waals surface area contributed by atoms with E-state index in [0.29, 0.717) is 5.02 Å². The molecule has 0 aliphatic carbocycles. The van der Waals surface area contributed by atoms with Crippen molar-refractivity contribution < 1.29 is 5.11 Å². The van der Waals surface area contributed by atoms with E-state index in [2.05, 4.69) is 4.98 Å². The van der Waals surface area contributed by atoms with Crippen molar-refractivity contribution in [1.82, 2.24) is 4.98 Å². The molecule has 0 saturated heterocycles. The van der Waals surface area contributed by atoms with Gasteiger partial charge in [0.15, 0.2) is 0 Å². The molecule has 4 N–H and O–H groups in total. The molecule has 1 unspecified atom stereocenters. The van der Waals surface area contributed by atoms with Gasteiger partial charge in [0, 0.05) is 21.6 Å². The van der Waals surface area contributed by atoms with Crippen LogP contribution in [0.4, 0.5) is 0 Å². The van der Waals surface area contributed by atoms with E-state index in [1.807, 2.05) is 24.3 Å². The lowest BCUT2D eigenvalue weighted by molar-refractivity contribution is 0.266. The maximum Gasteiger partial charge on any atom is 0.0683 e. The van der Waals surface area contributed by atoms with Crippen LogP contribution in [0.1, 0.15) is 11.7 Å². The number of hydrogen-bond acceptors (Lipinski definition) is 2. The minimum atomic E-state index is -0.360. The Labute approximate surface area is 86.5 Å². The molecule has 1 aromatic heterocycles. The maximum absolute atomic E-state index is 8.90. The number of aromatic nitrogens is 1. The molecule has 1 atom stereocenters. The van der Waals surface area contributed by atoms with Crippen molar-refractivity contribution in [1.29, 1.82) is 0 Å². The molecule has 0 saturated carbocycles. The first-order valence-corrected chi connectivity index (χ1v) is 4.73. The van der Waals surface area contributed by atoms with Crippen LogP contribution in [0.5, 0.6) is 0 Å². The molecule has 2 aromatic rings. The predicted octanol–water partition coefficient (Wildman–Crippen LogP) is 1.81. The van der Waals surface area contributed by atoms with Crippen molar-refractivity contribution in [3.8, 4) is 0 Å². The van der Waals surface area contributed by atoms with Crippen molar-refractivity contribution in [2.45, 2.75) is 6.04 Å². The highest BCUT2D eigenvalue weighted by Crippen LogP contribution is 2.22. The number of aliphatic hydroxyl groups is 1. The van der Waals surface area contributed by atoms with Gasteiger partial charge in [-0.25, -0.2) is 0 Å². The third-order valence-corrected chi connectivity index (χ3v) is 2.43. The van der Waals surface area contributed by atoms with Gasteiger partial charge in [0.1, 0.15) is 0 Å². The predicted molar refractivity (Wildman–Crippen MR) is 57.3 cm³/mol. The zero-order valence-electron chi connectivity index (χ0n) is 7.50. The Morgan fingerprint density at radius 2 is 2.21 bits per heavy atom. The third kappa shape index (κ3) is 1.62. The van der Waals surface area contributed by atoms with Crippen LogP contribution in [0.25, 0.3) is 10.9 Å². The van der Waals surface area contributed by atoms with Crippen LogP contribution in [0, 0.1) is 0 Å². The van der Waals surface area contributed by atoms with Gasteiger partial charge in [-0.3, -0.25) is 0 Å². The van der Waals surface area contributed by atoms with E-state index in [1.165, 1.54) is 0 Å². The Hall–Kier alpha value is -1.03. The first-order chi connectivity index (χ1) is 6.70. The van der Waals surface area contributed by atoms with Crippen molar-refractivity contribution in [2.24, 2.45) is 5.73 Å². The molecule has 1 aromatic carbocycles. The van der Waals surface area contributed by atoms with Crippen molar-refractivity contribution in [3.05, 3.63) is 35.0 Å². The number of nitrogens with two attached hydrogens (primary N) is 1. The summed E-state index contributed by atoms with van der Waals surface area (Å²) in [6.07, 6.45) is 0. The van der Waals surface area contributed by atoms with Crippen molar-refractivity contribution in [3.63, 3.8) is 0 Å². The molecule has 14 heavy (non-hydrogen) atoms. The summed E-state index contributed by atoms with van der Waals surface area (Å²) < 4.78 is 0. The second-order valence-corrected chi connectivity index (χ2v) is 3.68. The molecule has 0 bridgehead atoms. The van der Waals surface area contributed by atoms with Gasteiger partial charge in [0.2, 0.25) is 0 Å². The second-order valence-electron chi connectivity index (χ2n) is 3.25. The van der Waals surface area contributed by atoms with Gasteiger partial charge in [0.05, 0.1) is 12.6 Å². The molecule has 3 nitrogen and oxygen atoms in total. The molecule has 2 rings (SSSR count). The van der Waals surface area contributed by atoms with Crippen LogP contribution >= 0.6 is 11.6 Å². The monoisotopic (exact) mass is 210 g/mol. The smallest absolute Gasteiger partial charge is 0.0683 e. The average molecular weight is 211 g/mol. The van der Waals surface area contributed by atoms with Crippen LogP contribution < -0.4 is 5.73 Å². The minimum Gasteiger partial charge on any atom is -0.394 e. The Bertz CT molecular complexity index is 452. The highest BCUT2D eigenvalue weighted by Gasteiger charge is 2.07. The fourth-order valence-corrected chi connectivity index (χ4v) is 1.60. The Kier molecular flexibility index (Phi) is 2.46. The van der Waals surface area contributed by atoms with Gasteiger partial charge in [0.25, 0.3) is 0 Å². The molecule has 0 fully saturated rings. The highest BCUT2D eigenvalue weighted by molar-refractivity contribution is 6.31. The number of H-pyrrole nitrogens is 1. The van der Waals surface area contributed by atoms with Crippen LogP contribution in [0.15, 0.2) is 24.3 Å². The van der Waals surface area contributed by atoms with Crippen LogP contribution in [-0.4, -0.2) is 16.7 Å². The average Bonchev–Trinajstić information content (AvgIpc) is 2.59. The molecule has 4 heteroatoms. The van der Waals surface area contributed by atoms with E-state index in [4.69, 9.17) is 22.4 Å². The zero-order valence-corrected chi connectivity index (χ0v) is 8.25. The molecule has 0 aliphatic heterocycles. The first kappa shape index (κ1) is 9.52. The topological polar surface area (TPSA) is 62.0 Å². The van der Waals surface area contributed by atoms with E-state index in [1.54, 1.807) is 0 Å². The molecule has 0 aliphatic rings. The van der Waals surface area contributed by atoms with Gasteiger partial charge in [-0.1, -0.05) is 11.6 Å². The normalized spacial score (nSPS) is 13.4. The number of rotatable bonds is 2. The molecule has 0 amide bonds. The second kappa shape index (κ2) is 3.61. The van der Waals surface area contributed by atoms with Crippen molar-refractivity contribution >= 4 is 22.5 Å². The molecular formula is C10H11ClN2O. The third-order valence-electron chi connectivity index (χ3n) is 2.20. The van der Waals surface area contributed by atoms with Gasteiger partial charge >= 0.3 is 0 Å². The van der Waals surface area contributed by atoms with Crippen LogP contribution in [0.3, 0.4) is 0 Å². The zero-order chi connectivity index (χ0) is 10.1. The van der Waals surface area contributed by atoms with Gasteiger partial charge < -0.3 is 15.8 Å². The summed E-state index contributed by atoms with van der Waals surface area (Å²) in [5, 5.41) is 10.6. The van der Waals surface area contributed by atoms with E-state index < -0.39 is 0 Å². The summed E-state index contributed by atoms with van der Waals surface area (Å²) in [6, 6.07) is 7.12. The quantitative estimate of drug-likeness (QED) is 0.708. The summed E-state index contributed by atoms with van der Waals surface area (Å²) in [7, 11) is 0. The molecule has 0 radical (unpaired) electrons. The number of benzene rings is 1. The Balaban J connectivity index is 2.51. The number of halogens is 1.